The summed E-state index contributed by atoms with van der Waals surface area (Å²) in [5.74, 6) is 0.662. The molecule has 2 fully saturated rings. The number of piperidine rings is 1. The van der Waals surface area contributed by atoms with E-state index in [-0.39, 0.29) is 12.0 Å². The maximum Gasteiger partial charge on any atom is 0.248 e. The van der Waals surface area contributed by atoms with Crippen LogP contribution in [-0.4, -0.2) is 49.7 Å². The number of rotatable bonds is 4. The zero-order valence-corrected chi connectivity index (χ0v) is 11.1. The van der Waals surface area contributed by atoms with Crippen LogP contribution in [-0.2, 0) is 9.53 Å². The van der Waals surface area contributed by atoms with Crippen molar-refractivity contribution in [2.24, 2.45) is 5.92 Å². The predicted octanol–water partition coefficient (Wildman–Crippen LogP) is 1.01. The summed E-state index contributed by atoms with van der Waals surface area (Å²) in [6, 6.07) is 1.49. The number of hydrogen-bond acceptors (Lipinski definition) is 3. The summed E-state index contributed by atoms with van der Waals surface area (Å²) in [6.07, 6.45) is 4.79. The van der Waals surface area contributed by atoms with Gasteiger partial charge in [-0.1, -0.05) is 0 Å². The lowest BCUT2D eigenvalue weighted by atomic mass is 9.91. The van der Waals surface area contributed by atoms with Gasteiger partial charge in [0.25, 0.3) is 0 Å². The van der Waals surface area contributed by atoms with E-state index in [1.54, 1.807) is 14.0 Å². The third-order valence-electron chi connectivity index (χ3n) is 4.48. The molecule has 4 nitrogen and oxygen atoms in total. The fraction of sp³-hybridized carbons (Fsp3) is 0.923. The summed E-state index contributed by atoms with van der Waals surface area (Å²) in [5.41, 5.74) is 0. The highest BCUT2D eigenvalue weighted by atomic mass is 16.5. The molecule has 3 atom stereocenters. The molecule has 2 aliphatic heterocycles. The molecule has 0 radical (unpaired) electrons. The maximum absolute atomic E-state index is 11.6. The van der Waals surface area contributed by atoms with E-state index in [1.807, 2.05) is 0 Å². The Labute approximate surface area is 104 Å². The second kappa shape index (κ2) is 5.36. The van der Waals surface area contributed by atoms with Crippen LogP contribution in [0.15, 0.2) is 0 Å². The molecule has 2 bridgehead atoms. The average molecular weight is 240 g/mol. The molecular formula is C13H24N2O2. The molecule has 0 aromatic carbocycles. The van der Waals surface area contributed by atoms with Crippen molar-refractivity contribution < 1.29 is 9.53 Å². The number of carbonyl (C=O) groups excluding carboxylic acids is 1. The summed E-state index contributed by atoms with van der Waals surface area (Å²) >= 11 is 0. The van der Waals surface area contributed by atoms with Gasteiger partial charge in [0.15, 0.2) is 0 Å². The zero-order valence-electron chi connectivity index (χ0n) is 11.1. The summed E-state index contributed by atoms with van der Waals surface area (Å²) < 4.78 is 5.00. The van der Waals surface area contributed by atoms with Crippen molar-refractivity contribution >= 4 is 5.91 Å². The van der Waals surface area contributed by atoms with Crippen LogP contribution < -0.4 is 5.32 Å². The second-order valence-corrected chi connectivity index (χ2v) is 5.51. The van der Waals surface area contributed by atoms with E-state index in [0.29, 0.717) is 5.92 Å². The number of hydrogen-bond donors (Lipinski definition) is 1. The molecular weight excluding hydrogens is 216 g/mol. The lowest BCUT2D eigenvalue weighted by molar-refractivity contribution is -0.130. The highest BCUT2D eigenvalue weighted by Crippen LogP contribution is 2.36. The maximum atomic E-state index is 11.6. The predicted molar refractivity (Wildman–Crippen MR) is 66.8 cm³/mol. The van der Waals surface area contributed by atoms with Gasteiger partial charge in [0.1, 0.15) is 6.10 Å². The third kappa shape index (κ3) is 2.80. The number of carbonyl (C=O) groups is 1. The summed E-state index contributed by atoms with van der Waals surface area (Å²) in [6.45, 7) is 2.60. The lowest BCUT2D eigenvalue weighted by Crippen LogP contribution is -2.44. The van der Waals surface area contributed by atoms with E-state index >= 15 is 0 Å². The molecule has 2 heterocycles. The van der Waals surface area contributed by atoms with Crippen LogP contribution in [0.4, 0.5) is 0 Å². The fourth-order valence-electron chi connectivity index (χ4n) is 3.19. The molecule has 0 saturated carbocycles. The second-order valence-electron chi connectivity index (χ2n) is 5.51. The molecule has 2 saturated heterocycles. The number of ether oxygens (including phenoxy) is 1. The highest BCUT2D eigenvalue weighted by molar-refractivity contribution is 5.80. The van der Waals surface area contributed by atoms with Gasteiger partial charge in [0, 0.05) is 25.7 Å². The quantitative estimate of drug-likeness (QED) is 0.797. The first-order valence-corrected chi connectivity index (χ1v) is 6.64. The first-order valence-electron chi connectivity index (χ1n) is 6.64. The minimum atomic E-state index is -0.335. The Morgan fingerprint density at radius 1 is 1.41 bits per heavy atom. The Hall–Kier alpha value is -0.610. The van der Waals surface area contributed by atoms with Gasteiger partial charge in [-0.15, -0.1) is 0 Å². The van der Waals surface area contributed by atoms with Gasteiger partial charge in [-0.2, -0.15) is 0 Å². The van der Waals surface area contributed by atoms with Crippen LogP contribution in [0.25, 0.3) is 0 Å². The molecule has 98 valence electrons. The number of nitrogens with one attached hydrogen (secondary N) is 1. The molecule has 4 heteroatoms. The Balaban J connectivity index is 1.76. The molecule has 0 aromatic rings. The van der Waals surface area contributed by atoms with E-state index < -0.39 is 0 Å². The van der Waals surface area contributed by atoms with Crippen LogP contribution in [0.3, 0.4) is 0 Å². The van der Waals surface area contributed by atoms with E-state index in [9.17, 15) is 4.79 Å². The molecule has 1 N–H and O–H groups in total. The lowest BCUT2D eigenvalue weighted by Gasteiger charge is -2.36. The van der Waals surface area contributed by atoms with Crippen molar-refractivity contribution in [1.29, 1.82) is 0 Å². The number of fused-ring (bicyclic) bond motifs is 2. The molecule has 2 rings (SSSR count). The van der Waals surface area contributed by atoms with E-state index in [1.165, 1.54) is 25.7 Å². The standard InChI is InChI=1S/C13H24N2O2/c1-9(17-3)13(16)14-8-10-6-11-4-5-12(7-10)15(11)2/h9-12H,4-8H2,1-3H3,(H,14,16). The monoisotopic (exact) mass is 240 g/mol. The van der Waals surface area contributed by atoms with Crippen LogP contribution in [0.2, 0.25) is 0 Å². The van der Waals surface area contributed by atoms with Gasteiger partial charge in [0.2, 0.25) is 5.91 Å². The summed E-state index contributed by atoms with van der Waals surface area (Å²) in [5, 5.41) is 3.00. The minimum Gasteiger partial charge on any atom is -0.372 e. The van der Waals surface area contributed by atoms with Crippen molar-refractivity contribution in [3.8, 4) is 0 Å². The largest absolute Gasteiger partial charge is 0.372 e. The van der Waals surface area contributed by atoms with E-state index in [2.05, 4.69) is 17.3 Å². The molecule has 0 aromatic heterocycles. The van der Waals surface area contributed by atoms with Crippen LogP contribution >= 0.6 is 0 Å². The Bertz CT molecular complexity index is 269. The Kier molecular flexibility index (Phi) is 4.05. The SMILES string of the molecule is COC(C)C(=O)NCC1CC2CCC(C1)N2C. The number of methoxy groups -OCH3 is 1. The Morgan fingerprint density at radius 2 is 2.00 bits per heavy atom. The fourth-order valence-corrected chi connectivity index (χ4v) is 3.19. The zero-order chi connectivity index (χ0) is 12.4. The molecule has 1 amide bonds. The minimum absolute atomic E-state index is 0.0128. The number of amides is 1. The highest BCUT2D eigenvalue weighted by Gasteiger charge is 2.38. The van der Waals surface area contributed by atoms with Gasteiger partial charge in [-0.25, -0.2) is 0 Å². The Morgan fingerprint density at radius 3 is 2.53 bits per heavy atom. The van der Waals surface area contributed by atoms with Gasteiger partial charge in [0.05, 0.1) is 0 Å². The van der Waals surface area contributed by atoms with E-state index in [0.717, 1.165) is 18.6 Å². The van der Waals surface area contributed by atoms with Gasteiger partial charge >= 0.3 is 0 Å². The topological polar surface area (TPSA) is 41.6 Å². The molecule has 17 heavy (non-hydrogen) atoms. The van der Waals surface area contributed by atoms with Crippen LogP contribution in [0.5, 0.6) is 0 Å². The van der Waals surface area contributed by atoms with Crippen molar-refractivity contribution in [3.63, 3.8) is 0 Å². The van der Waals surface area contributed by atoms with E-state index in [4.69, 9.17) is 4.74 Å². The van der Waals surface area contributed by atoms with Gasteiger partial charge in [-0.3, -0.25) is 4.79 Å². The van der Waals surface area contributed by atoms with Crippen molar-refractivity contribution in [3.05, 3.63) is 0 Å². The first-order chi connectivity index (χ1) is 8.11. The first kappa shape index (κ1) is 12.8. The molecule has 0 aliphatic carbocycles. The van der Waals surface area contributed by atoms with Crippen LogP contribution in [0, 0.1) is 5.92 Å². The number of nitrogens with zero attached hydrogens (tertiary/aromatic N) is 1. The molecule has 3 unspecified atom stereocenters. The summed E-state index contributed by atoms with van der Waals surface area (Å²) in [7, 11) is 3.81. The van der Waals surface area contributed by atoms with Gasteiger partial charge < -0.3 is 15.0 Å². The third-order valence-corrected chi connectivity index (χ3v) is 4.48. The van der Waals surface area contributed by atoms with Crippen molar-refractivity contribution in [2.75, 3.05) is 20.7 Å². The summed E-state index contributed by atoms with van der Waals surface area (Å²) in [4.78, 5) is 14.1. The molecule has 0 spiro atoms. The van der Waals surface area contributed by atoms with Crippen molar-refractivity contribution in [2.45, 2.75) is 50.8 Å². The van der Waals surface area contributed by atoms with Crippen LogP contribution in [0.1, 0.15) is 32.6 Å². The van der Waals surface area contributed by atoms with Gasteiger partial charge in [-0.05, 0) is 45.6 Å². The van der Waals surface area contributed by atoms with Crippen molar-refractivity contribution in [1.82, 2.24) is 10.2 Å². The smallest absolute Gasteiger partial charge is 0.248 e. The normalized spacial score (nSPS) is 34.6. The average Bonchev–Trinajstić information content (AvgIpc) is 2.57. The molecule has 2 aliphatic rings.